The quantitative estimate of drug-likeness (QED) is 0.295. The van der Waals surface area contributed by atoms with E-state index in [1.807, 2.05) is 0 Å². The topological polar surface area (TPSA) is 111 Å². The monoisotopic (exact) mass is 537 g/mol. The van der Waals surface area contributed by atoms with Gasteiger partial charge in [-0.2, -0.15) is 18.3 Å². The summed E-state index contributed by atoms with van der Waals surface area (Å²) < 4.78 is 74.4. The lowest BCUT2D eigenvalue weighted by Crippen LogP contribution is -2.24. The second-order valence-electron chi connectivity index (χ2n) is 7.97. The van der Waals surface area contributed by atoms with Gasteiger partial charge in [-0.25, -0.2) is 8.78 Å². The van der Waals surface area contributed by atoms with Gasteiger partial charge in [0, 0.05) is 11.6 Å². The van der Waals surface area contributed by atoms with Crippen molar-refractivity contribution in [1.82, 2.24) is 9.78 Å². The van der Waals surface area contributed by atoms with E-state index in [2.05, 4.69) is 15.7 Å². The minimum absolute atomic E-state index is 0.0118. The fourth-order valence-corrected chi connectivity index (χ4v) is 4.03. The summed E-state index contributed by atoms with van der Waals surface area (Å²) in [5.41, 5.74) is 4.31. The van der Waals surface area contributed by atoms with Crippen molar-refractivity contribution < 1.29 is 36.3 Å². The maximum absolute atomic E-state index is 13.9. The number of rotatable bonds is 4. The van der Waals surface area contributed by atoms with E-state index in [4.69, 9.17) is 22.1 Å². The summed E-state index contributed by atoms with van der Waals surface area (Å²) in [4.78, 5) is 25.1. The minimum Gasteiger partial charge on any atom is -0.453 e. The lowest BCUT2D eigenvalue weighted by Gasteiger charge is -2.20. The Balaban J connectivity index is 1.66. The summed E-state index contributed by atoms with van der Waals surface area (Å²) in [6, 6.07) is 5.85. The van der Waals surface area contributed by atoms with Gasteiger partial charge < -0.3 is 21.1 Å². The molecule has 0 radical (unpaired) electrons. The van der Waals surface area contributed by atoms with Gasteiger partial charge in [-0.1, -0.05) is 11.6 Å². The third-order valence-corrected chi connectivity index (χ3v) is 5.72. The SMILES string of the molecule is Nc1nn2c3c(cc(NC(=O)c4cc(F)cc(C(F)(F)F)c4)c(Oc4cc(F)ccc4Cl)c13)NC(=O)C2. The molecule has 4 aromatic rings. The van der Waals surface area contributed by atoms with Crippen LogP contribution in [0, 0.1) is 11.6 Å². The van der Waals surface area contributed by atoms with E-state index in [1.54, 1.807) is 0 Å². The number of anilines is 3. The highest BCUT2D eigenvalue weighted by Crippen LogP contribution is 2.46. The summed E-state index contributed by atoms with van der Waals surface area (Å²) >= 11 is 6.13. The van der Waals surface area contributed by atoms with Gasteiger partial charge in [-0.05, 0) is 36.4 Å². The first-order valence-electron chi connectivity index (χ1n) is 10.4. The molecule has 2 heterocycles. The zero-order chi connectivity index (χ0) is 26.6. The van der Waals surface area contributed by atoms with Gasteiger partial charge in [0.15, 0.2) is 11.6 Å². The van der Waals surface area contributed by atoms with Crippen molar-refractivity contribution in [2.45, 2.75) is 12.7 Å². The molecule has 1 aliphatic heterocycles. The number of nitrogens with zero attached hydrogens (tertiary/aromatic N) is 2. The number of hydrogen-bond donors (Lipinski definition) is 3. The normalized spacial score (nSPS) is 13.0. The van der Waals surface area contributed by atoms with Gasteiger partial charge in [0.05, 0.1) is 32.9 Å². The van der Waals surface area contributed by atoms with Gasteiger partial charge in [0.25, 0.3) is 5.91 Å². The Bertz CT molecular complexity index is 1620. The second kappa shape index (κ2) is 8.62. The van der Waals surface area contributed by atoms with Crippen molar-refractivity contribution in [3.8, 4) is 11.5 Å². The van der Waals surface area contributed by atoms with Gasteiger partial charge in [0.2, 0.25) is 5.91 Å². The Morgan fingerprint density at radius 1 is 1.14 bits per heavy atom. The highest BCUT2D eigenvalue weighted by molar-refractivity contribution is 6.32. The molecule has 0 atom stereocenters. The van der Waals surface area contributed by atoms with Gasteiger partial charge in [0.1, 0.15) is 23.9 Å². The van der Waals surface area contributed by atoms with Crippen LogP contribution in [-0.4, -0.2) is 21.6 Å². The molecule has 0 unspecified atom stereocenters. The first kappa shape index (κ1) is 24.3. The molecule has 0 fully saturated rings. The molecular formula is C23H13ClF5N5O3. The number of nitrogens with one attached hydrogen (secondary N) is 2. The predicted molar refractivity (Wildman–Crippen MR) is 124 cm³/mol. The third kappa shape index (κ3) is 4.48. The maximum atomic E-state index is 13.9. The van der Waals surface area contributed by atoms with Gasteiger partial charge in [-0.3, -0.25) is 14.3 Å². The molecule has 0 bridgehead atoms. The first-order valence-corrected chi connectivity index (χ1v) is 10.7. The molecule has 2 amide bonds. The van der Waals surface area contributed by atoms with E-state index in [1.165, 1.54) is 16.8 Å². The Morgan fingerprint density at radius 2 is 1.89 bits per heavy atom. The molecule has 3 aromatic carbocycles. The summed E-state index contributed by atoms with van der Waals surface area (Å²) in [7, 11) is 0. The zero-order valence-corrected chi connectivity index (χ0v) is 19.0. The second-order valence-corrected chi connectivity index (χ2v) is 8.38. The van der Waals surface area contributed by atoms with E-state index in [0.29, 0.717) is 17.6 Å². The Morgan fingerprint density at radius 3 is 2.62 bits per heavy atom. The molecule has 0 saturated carbocycles. The summed E-state index contributed by atoms with van der Waals surface area (Å²) in [6.45, 7) is -0.184. The van der Waals surface area contributed by atoms with Crippen molar-refractivity contribution in [2.75, 3.05) is 16.4 Å². The van der Waals surface area contributed by atoms with Crippen LogP contribution in [-0.2, 0) is 17.5 Å². The van der Waals surface area contributed by atoms with Gasteiger partial charge in [-0.15, -0.1) is 0 Å². The smallest absolute Gasteiger partial charge is 0.416 e. The van der Waals surface area contributed by atoms with Crippen molar-refractivity contribution in [3.05, 3.63) is 70.2 Å². The van der Waals surface area contributed by atoms with Crippen LogP contribution < -0.4 is 21.1 Å². The van der Waals surface area contributed by atoms with Crippen LogP contribution in [0.15, 0.2) is 42.5 Å². The molecule has 4 N–H and O–H groups in total. The predicted octanol–water partition coefficient (Wildman–Crippen LogP) is 5.57. The summed E-state index contributed by atoms with van der Waals surface area (Å²) in [5, 5.41) is 9.12. The third-order valence-electron chi connectivity index (χ3n) is 5.40. The molecule has 1 aromatic heterocycles. The van der Waals surface area contributed by atoms with E-state index < -0.39 is 40.8 Å². The van der Waals surface area contributed by atoms with Crippen LogP contribution in [0.25, 0.3) is 10.9 Å². The number of carbonyl (C=O) groups is 2. The first-order chi connectivity index (χ1) is 17.4. The largest absolute Gasteiger partial charge is 0.453 e. The van der Waals surface area contributed by atoms with Gasteiger partial charge >= 0.3 is 6.18 Å². The Kier molecular flexibility index (Phi) is 5.67. The van der Waals surface area contributed by atoms with E-state index in [0.717, 1.165) is 12.1 Å². The highest BCUT2D eigenvalue weighted by atomic mass is 35.5. The Hall–Kier alpha value is -4.39. The molecule has 37 heavy (non-hydrogen) atoms. The zero-order valence-electron chi connectivity index (χ0n) is 18.2. The number of nitrogen functional groups attached to an aromatic ring is 1. The number of halogens is 6. The van der Waals surface area contributed by atoms with E-state index in [-0.39, 0.29) is 51.7 Å². The highest BCUT2D eigenvalue weighted by Gasteiger charge is 2.33. The fraction of sp³-hybridized carbons (Fsp3) is 0.0870. The van der Waals surface area contributed by atoms with Crippen molar-refractivity contribution in [3.63, 3.8) is 0 Å². The number of carbonyl (C=O) groups excluding carboxylic acids is 2. The maximum Gasteiger partial charge on any atom is 0.416 e. The number of amides is 2. The number of ether oxygens (including phenoxy) is 1. The summed E-state index contributed by atoms with van der Waals surface area (Å²) in [5.74, 6) is -4.08. The van der Waals surface area contributed by atoms with E-state index in [9.17, 15) is 31.5 Å². The average molecular weight is 538 g/mol. The lowest BCUT2D eigenvalue weighted by atomic mass is 10.1. The Labute approximate surface area is 208 Å². The molecule has 0 spiro atoms. The molecule has 190 valence electrons. The summed E-state index contributed by atoms with van der Waals surface area (Å²) in [6.07, 6.45) is -4.91. The van der Waals surface area contributed by atoms with Crippen molar-refractivity contribution in [2.24, 2.45) is 0 Å². The number of alkyl halides is 3. The fourth-order valence-electron chi connectivity index (χ4n) is 3.87. The lowest BCUT2D eigenvalue weighted by molar-refractivity contribution is -0.137. The van der Waals surface area contributed by atoms with Crippen LogP contribution in [0.2, 0.25) is 5.02 Å². The van der Waals surface area contributed by atoms with E-state index >= 15 is 0 Å². The molecule has 5 rings (SSSR count). The van der Waals surface area contributed by atoms with Crippen LogP contribution in [0.1, 0.15) is 15.9 Å². The van der Waals surface area contributed by atoms with Crippen LogP contribution in [0.5, 0.6) is 11.5 Å². The molecule has 8 nitrogen and oxygen atoms in total. The molecular weight excluding hydrogens is 525 g/mol. The van der Waals surface area contributed by atoms with Crippen LogP contribution in [0.3, 0.4) is 0 Å². The van der Waals surface area contributed by atoms with Crippen molar-refractivity contribution in [1.29, 1.82) is 0 Å². The molecule has 1 aliphatic rings. The number of aromatic nitrogens is 2. The average Bonchev–Trinajstić information content (AvgIpc) is 3.13. The molecule has 14 heteroatoms. The van der Waals surface area contributed by atoms with Crippen LogP contribution >= 0.6 is 11.6 Å². The standard InChI is InChI=1S/C23H13ClF5N5O3/c24-13-2-1-11(25)6-16(13)37-20-15(7-14-19-18(20)21(30)33-34(19)8-17(35)31-14)32-22(36)9-3-10(23(27,28)29)5-12(26)4-9/h1-7H,8H2,(H2,30,33)(H,31,35)(H,32,36). The van der Waals surface area contributed by atoms with Crippen molar-refractivity contribution >= 4 is 51.5 Å². The number of benzene rings is 3. The molecule has 0 saturated heterocycles. The number of hydrogen-bond acceptors (Lipinski definition) is 5. The van der Waals surface area contributed by atoms with Crippen LogP contribution in [0.4, 0.5) is 39.1 Å². The minimum atomic E-state index is -4.91. The number of nitrogens with two attached hydrogens (primary N) is 1. The molecule has 0 aliphatic carbocycles.